The number of nitrogens with one attached hydrogen (secondary N) is 2. The zero-order chi connectivity index (χ0) is 16.3. The summed E-state index contributed by atoms with van der Waals surface area (Å²) in [5, 5.41) is 0. The minimum absolute atomic E-state index is 0.263. The number of aryl methyl sites for hydroxylation is 2. The first-order chi connectivity index (χ1) is 10.4. The van der Waals surface area contributed by atoms with Crippen LogP contribution in [0.4, 0.5) is 0 Å². The van der Waals surface area contributed by atoms with Crippen molar-refractivity contribution in [1.29, 1.82) is 0 Å². The third-order valence-corrected chi connectivity index (χ3v) is 3.45. The first-order valence-electron chi connectivity index (χ1n) is 6.42. The summed E-state index contributed by atoms with van der Waals surface area (Å²) in [5.41, 5.74) is 5.92. The normalized spacial score (nSPS) is 10.1. The van der Waals surface area contributed by atoms with Crippen molar-refractivity contribution in [3.63, 3.8) is 0 Å². The van der Waals surface area contributed by atoms with E-state index in [4.69, 9.17) is 0 Å². The molecule has 2 aromatic rings. The summed E-state index contributed by atoms with van der Waals surface area (Å²) in [6.45, 7) is 1.88. The van der Waals surface area contributed by atoms with Crippen LogP contribution in [-0.4, -0.2) is 22.2 Å². The number of benzene rings is 1. The van der Waals surface area contributed by atoms with Gasteiger partial charge in [0, 0.05) is 23.3 Å². The van der Waals surface area contributed by atoms with E-state index < -0.39 is 17.6 Å². The number of halogens is 1. The molecule has 0 aliphatic heterocycles. The second kappa shape index (κ2) is 6.57. The molecule has 0 spiro atoms. The summed E-state index contributed by atoms with van der Waals surface area (Å²) in [5.74, 6) is -2.13. The quantitative estimate of drug-likeness (QED) is 0.495. The Bertz CT molecular complexity index is 735. The highest BCUT2D eigenvalue weighted by atomic mass is 79.9. The van der Waals surface area contributed by atoms with Gasteiger partial charge in [0.2, 0.25) is 0 Å². The summed E-state index contributed by atoms with van der Waals surface area (Å²) in [6, 6.07) is 8.20. The summed E-state index contributed by atoms with van der Waals surface area (Å²) >= 11 is 3.25. The van der Waals surface area contributed by atoms with Crippen LogP contribution in [0.1, 0.15) is 26.4 Å². The molecule has 6 nitrogen and oxygen atoms in total. The molecular formula is C15H14BrN3O3. The minimum atomic E-state index is -0.898. The number of amides is 2. The van der Waals surface area contributed by atoms with E-state index in [0.717, 1.165) is 10.0 Å². The van der Waals surface area contributed by atoms with Crippen LogP contribution >= 0.6 is 15.9 Å². The molecule has 22 heavy (non-hydrogen) atoms. The second-order valence-corrected chi connectivity index (χ2v) is 5.67. The Morgan fingerprint density at radius 2 is 1.73 bits per heavy atom. The van der Waals surface area contributed by atoms with E-state index in [9.17, 15) is 14.4 Å². The highest BCUT2D eigenvalue weighted by Crippen LogP contribution is 2.13. The van der Waals surface area contributed by atoms with Crippen LogP contribution in [0.25, 0.3) is 0 Å². The van der Waals surface area contributed by atoms with Crippen molar-refractivity contribution in [3.8, 4) is 0 Å². The Balaban J connectivity index is 1.97. The van der Waals surface area contributed by atoms with Crippen LogP contribution in [0.5, 0.6) is 0 Å². The third-order valence-electron chi connectivity index (χ3n) is 3.01. The molecule has 2 N–H and O–H groups in total. The van der Waals surface area contributed by atoms with Crippen molar-refractivity contribution in [1.82, 2.24) is 15.4 Å². The fraction of sp³-hybridized carbons (Fsp3) is 0.133. The number of Topliss-reactive ketones (excluding diaryl/α,β-unsaturated/α-hetero) is 1. The van der Waals surface area contributed by atoms with Gasteiger partial charge >= 0.3 is 5.91 Å². The van der Waals surface area contributed by atoms with Crippen molar-refractivity contribution < 1.29 is 14.4 Å². The molecule has 7 heteroatoms. The maximum absolute atomic E-state index is 11.9. The fourth-order valence-electron chi connectivity index (χ4n) is 1.82. The van der Waals surface area contributed by atoms with E-state index in [2.05, 4.69) is 26.8 Å². The average molecular weight is 364 g/mol. The monoisotopic (exact) mass is 363 g/mol. The summed E-state index contributed by atoms with van der Waals surface area (Å²) in [4.78, 5) is 35.6. The fourth-order valence-corrected chi connectivity index (χ4v) is 2.34. The number of ketones is 1. The molecule has 1 heterocycles. The maximum Gasteiger partial charge on any atom is 0.310 e. The molecular weight excluding hydrogens is 350 g/mol. The molecule has 1 aromatic heterocycles. The van der Waals surface area contributed by atoms with Crippen LogP contribution < -0.4 is 10.9 Å². The van der Waals surface area contributed by atoms with E-state index in [0.29, 0.717) is 5.69 Å². The van der Waals surface area contributed by atoms with E-state index in [1.165, 1.54) is 0 Å². The molecule has 1 aromatic carbocycles. The van der Waals surface area contributed by atoms with Gasteiger partial charge in [-0.2, -0.15) is 0 Å². The lowest BCUT2D eigenvalue weighted by Crippen LogP contribution is -2.45. The summed E-state index contributed by atoms with van der Waals surface area (Å²) < 4.78 is 2.33. The third kappa shape index (κ3) is 3.62. The van der Waals surface area contributed by atoms with E-state index >= 15 is 0 Å². The van der Waals surface area contributed by atoms with Crippen LogP contribution in [0.2, 0.25) is 0 Å². The van der Waals surface area contributed by atoms with Gasteiger partial charge in [0.15, 0.2) is 0 Å². The zero-order valence-corrected chi connectivity index (χ0v) is 13.6. The Morgan fingerprint density at radius 3 is 2.27 bits per heavy atom. The number of rotatable bonds is 3. The number of nitrogens with zero attached hydrogens (tertiary/aromatic N) is 1. The van der Waals surface area contributed by atoms with Crippen molar-refractivity contribution in [2.24, 2.45) is 7.05 Å². The Kier molecular flexibility index (Phi) is 4.77. The molecule has 0 aliphatic rings. The van der Waals surface area contributed by atoms with Crippen LogP contribution in [-0.2, 0) is 11.8 Å². The number of hydrazine groups is 1. The van der Waals surface area contributed by atoms with Crippen molar-refractivity contribution in [3.05, 3.63) is 57.8 Å². The maximum atomic E-state index is 11.9. The van der Waals surface area contributed by atoms with Crippen LogP contribution in [0.3, 0.4) is 0 Å². The molecule has 0 fully saturated rings. The zero-order valence-electron chi connectivity index (χ0n) is 12.0. The topological polar surface area (TPSA) is 80.2 Å². The molecule has 0 unspecified atom stereocenters. The van der Waals surface area contributed by atoms with Gasteiger partial charge in [-0.1, -0.05) is 29.8 Å². The molecule has 2 amide bonds. The summed E-state index contributed by atoms with van der Waals surface area (Å²) in [7, 11) is 1.69. The van der Waals surface area contributed by atoms with Gasteiger partial charge in [-0.3, -0.25) is 25.2 Å². The molecule has 2 rings (SSSR count). The van der Waals surface area contributed by atoms with Crippen LogP contribution in [0.15, 0.2) is 41.0 Å². The van der Waals surface area contributed by atoms with Gasteiger partial charge in [-0.25, -0.2) is 0 Å². The van der Waals surface area contributed by atoms with Gasteiger partial charge in [-0.05, 0) is 28.9 Å². The molecule has 0 radical (unpaired) electrons. The number of aromatic nitrogens is 1. The number of hydrogen-bond donors (Lipinski definition) is 2. The lowest BCUT2D eigenvalue weighted by molar-refractivity contribution is -0.117. The molecule has 0 saturated carbocycles. The Labute approximate surface area is 135 Å². The van der Waals surface area contributed by atoms with Gasteiger partial charge < -0.3 is 4.57 Å². The lowest BCUT2D eigenvalue weighted by atomic mass is 10.1. The molecule has 0 bridgehead atoms. The number of carbonyl (C=O) groups excluding carboxylic acids is 3. The van der Waals surface area contributed by atoms with Gasteiger partial charge in [0.05, 0.1) is 0 Å². The first kappa shape index (κ1) is 16.0. The highest BCUT2D eigenvalue weighted by molar-refractivity contribution is 9.10. The Morgan fingerprint density at radius 1 is 1.09 bits per heavy atom. The standard InChI is InChI=1S/C15H14BrN3O3/c1-9-3-5-10(6-4-9)13(20)15(22)18-17-14(21)12-7-11(16)8-19(12)2/h3-8H,1-2H3,(H,17,21)(H,18,22). The van der Waals surface area contributed by atoms with Crippen molar-refractivity contribution in [2.45, 2.75) is 6.92 Å². The van der Waals surface area contributed by atoms with E-state index in [-0.39, 0.29) is 5.56 Å². The highest BCUT2D eigenvalue weighted by Gasteiger charge is 2.18. The SMILES string of the molecule is Cc1ccc(C(=O)C(=O)NNC(=O)c2cc(Br)cn2C)cc1. The van der Waals surface area contributed by atoms with Gasteiger partial charge in [0.25, 0.3) is 11.7 Å². The minimum Gasteiger partial charge on any atom is -0.345 e. The smallest absolute Gasteiger partial charge is 0.310 e. The second-order valence-electron chi connectivity index (χ2n) is 4.76. The number of carbonyl (C=O) groups is 3. The first-order valence-corrected chi connectivity index (χ1v) is 7.21. The average Bonchev–Trinajstić information content (AvgIpc) is 2.83. The van der Waals surface area contributed by atoms with E-state index in [1.807, 2.05) is 6.92 Å². The van der Waals surface area contributed by atoms with Gasteiger partial charge in [0.1, 0.15) is 5.69 Å². The largest absolute Gasteiger partial charge is 0.345 e. The predicted molar refractivity (Wildman–Crippen MR) is 84.2 cm³/mol. The van der Waals surface area contributed by atoms with Gasteiger partial charge in [-0.15, -0.1) is 0 Å². The predicted octanol–water partition coefficient (Wildman–Crippen LogP) is 1.74. The van der Waals surface area contributed by atoms with Crippen molar-refractivity contribution >= 4 is 33.5 Å². The summed E-state index contributed by atoms with van der Waals surface area (Å²) in [6.07, 6.45) is 1.70. The van der Waals surface area contributed by atoms with Crippen LogP contribution in [0, 0.1) is 6.92 Å². The van der Waals surface area contributed by atoms with E-state index in [1.54, 1.807) is 48.1 Å². The molecule has 0 atom stereocenters. The molecule has 114 valence electrons. The molecule has 0 saturated heterocycles. The Hall–Kier alpha value is -2.41. The lowest BCUT2D eigenvalue weighted by Gasteiger charge is -2.07. The van der Waals surface area contributed by atoms with Crippen molar-refractivity contribution in [2.75, 3.05) is 0 Å². The number of hydrogen-bond acceptors (Lipinski definition) is 3. The molecule has 0 aliphatic carbocycles.